The highest BCUT2D eigenvalue weighted by Gasteiger charge is 1.97. The predicted octanol–water partition coefficient (Wildman–Crippen LogP) is 2.92. The van der Waals surface area contributed by atoms with Crippen LogP contribution in [-0.2, 0) is 0 Å². The maximum Gasteiger partial charge on any atom is 0.0351 e. The van der Waals surface area contributed by atoms with Gasteiger partial charge in [0.25, 0.3) is 0 Å². The molecule has 0 saturated heterocycles. The molecule has 0 rings (SSSR count). The van der Waals surface area contributed by atoms with Gasteiger partial charge in [0, 0.05) is 11.4 Å². The van der Waals surface area contributed by atoms with Crippen molar-refractivity contribution < 1.29 is 0 Å². The van der Waals surface area contributed by atoms with Crippen LogP contribution in [0, 0.1) is 5.92 Å². The van der Waals surface area contributed by atoms with Crippen LogP contribution < -0.4 is 5.43 Å². The first-order valence-corrected chi connectivity index (χ1v) is 4.55. The average Bonchev–Trinajstić information content (AvgIpc) is 2.00. The first-order chi connectivity index (χ1) is 5.57. The topological polar surface area (TPSA) is 24.4 Å². The van der Waals surface area contributed by atoms with Gasteiger partial charge in [0.1, 0.15) is 0 Å². The number of allylic oxidation sites excluding steroid dienone is 1. The van der Waals surface area contributed by atoms with Gasteiger partial charge >= 0.3 is 0 Å². The second kappa shape index (κ2) is 5.81. The summed E-state index contributed by atoms with van der Waals surface area (Å²) < 4.78 is 0. The molecule has 0 saturated carbocycles. The molecule has 0 unspecified atom stereocenters. The molecular formula is C10H20N2. The largest absolute Gasteiger partial charge is 0.283 e. The van der Waals surface area contributed by atoms with Gasteiger partial charge in [-0.05, 0) is 19.3 Å². The van der Waals surface area contributed by atoms with E-state index < -0.39 is 0 Å². The van der Waals surface area contributed by atoms with E-state index in [9.17, 15) is 0 Å². The molecule has 2 heteroatoms. The molecular weight excluding hydrogens is 148 g/mol. The number of nitrogens with one attached hydrogen (secondary N) is 1. The molecule has 0 heterocycles. The summed E-state index contributed by atoms with van der Waals surface area (Å²) in [4.78, 5) is 0. The van der Waals surface area contributed by atoms with Crippen molar-refractivity contribution in [2.75, 3.05) is 0 Å². The highest BCUT2D eigenvalue weighted by atomic mass is 15.3. The second-order valence-electron chi connectivity index (χ2n) is 3.39. The van der Waals surface area contributed by atoms with Crippen LogP contribution >= 0.6 is 0 Å². The molecule has 0 aromatic heterocycles. The van der Waals surface area contributed by atoms with Crippen molar-refractivity contribution in [3.05, 3.63) is 12.3 Å². The third-order valence-electron chi connectivity index (χ3n) is 1.70. The first kappa shape index (κ1) is 11.2. The molecule has 0 aliphatic carbocycles. The van der Waals surface area contributed by atoms with E-state index >= 15 is 0 Å². The molecule has 0 fully saturated rings. The molecule has 0 aromatic carbocycles. The van der Waals surface area contributed by atoms with Crippen molar-refractivity contribution in [1.29, 1.82) is 0 Å². The van der Waals surface area contributed by atoms with Crippen LogP contribution in [0.2, 0.25) is 0 Å². The fourth-order valence-corrected chi connectivity index (χ4v) is 0.714. The maximum absolute atomic E-state index is 4.20. The number of hydrogen-bond donors (Lipinski definition) is 1. The van der Waals surface area contributed by atoms with Gasteiger partial charge in [0.15, 0.2) is 0 Å². The maximum atomic E-state index is 4.20. The van der Waals surface area contributed by atoms with Crippen molar-refractivity contribution in [3.63, 3.8) is 0 Å². The minimum absolute atomic E-state index is 0.447. The number of nitrogens with zero attached hydrogens (tertiary/aromatic N) is 1. The average molecular weight is 168 g/mol. The third-order valence-corrected chi connectivity index (χ3v) is 1.70. The zero-order chi connectivity index (χ0) is 9.56. The molecule has 0 aliphatic rings. The predicted molar refractivity (Wildman–Crippen MR) is 55.1 cm³/mol. The molecule has 0 spiro atoms. The Bertz CT molecular complexity index is 169. The monoisotopic (exact) mass is 168 g/mol. The molecule has 0 radical (unpaired) electrons. The Hall–Kier alpha value is -0.790. The highest BCUT2D eigenvalue weighted by molar-refractivity contribution is 5.81. The van der Waals surface area contributed by atoms with Crippen LogP contribution in [0.5, 0.6) is 0 Å². The van der Waals surface area contributed by atoms with Crippen molar-refractivity contribution in [1.82, 2.24) is 5.43 Å². The normalized spacial score (nSPS) is 11.9. The van der Waals surface area contributed by atoms with E-state index in [0.29, 0.717) is 5.92 Å². The standard InChI is InChI=1S/C10H20N2/c1-6-7-9(4)11-12-10(5)8(2)3/h8,12H,5-7H2,1-4H3/b11-9-. The molecule has 70 valence electrons. The number of hydrazone groups is 1. The van der Waals surface area contributed by atoms with Gasteiger partial charge in [0.2, 0.25) is 0 Å². The van der Waals surface area contributed by atoms with Gasteiger partial charge in [0.05, 0.1) is 0 Å². The van der Waals surface area contributed by atoms with Gasteiger partial charge in [-0.2, -0.15) is 5.10 Å². The zero-order valence-electron chi connectivity index (χ0n) is 8.65. The molecule has 12 heavy (non-hydrogen) atoms. The molecule has 1 N–H and O–H groups in total. The lowest BCUT2D eigenvalue weighted by Crippen LogP contribution is -2.11. The second-order valence-corrected chi connectivity index (χ2v) is 3.39. The molecule has 0 aromatic rings. The van der Waals surface area contributed by atoms with Crippen LogP contribution in [0.15, 0.2) is 17.4 Å². The summed E-state index contributed by atoms with van der Waals surface area (Å²) in [6, 6.07) is 0. The van der Waals surface area contributed by atoms with Crippen LogP contribution in [0.25, 0.3) is 0 Å². The Balaban J connectivity index is 3.79. The number of rotatable bonds is 5. The lowest BCUT2D eigenvalue weighted by atomic mass is 10.2. The van der Waals surface area contributed by atoms with E-state index in [2.05, 4.69) is 37.9 Å². The van der Waals surface area contributed by atoms with Crippen molar-refractivity contribution >= 4 is 5.71 Å². The summed E-state index contributed by atoms with van der Waals surface area (Å²) in [6.07, 6.45) is 2.20. The van der Waals surface area contributed by atoms with Gasteiger partial charge < -0.3 is 0 Å². The highest BCUT2D eigenvalue weighted by Crippen LogP contribution is 2.02. The lowest BCUT2D eigenvalue weighted by molar-refractivity contribution is 0.676. The van der Waals surface area contributed by atoms with Gasteiger partial charge in [-0.25, -0.2) is 0 Å². The molecule has 2 nitrogen and oxygen atoms in total. The summed E-state index contributed by atoms with van der Waals surface area (Å²) in [5.41, 5.74) is 5.08. The van der Waals surface area contributed by atoms with E-state index in [-0.39, 0.29) is 0 Å². The lowest BCUT2D eigenvalue weighted by Gasteiger charge is -2.08. The van der Waals surface area contributed by atoms with Crippen molar-refractivity contribution in [2.24, 2.45) is 11.0 Å². The minimum Gasteiger partial charge on any atom is -0.283 e. The third kappa shape index (κ3) is 4.94. The van der Waals surface area contributed by atoms with E-state index in [4.69, 9.17) is 0 Å². The zero-order valence-corrected chi connectivity index (χ0v) is 8.65. The smallest absolute Gasteiger partial charge is 0.0351 e. The number of hydrogen-bond acceptors (Lipinski definition) is 2. The van der Waals surface area contributed by atoms with E-state index in [1.165, 1.54) is 0 Å². The molecule has 0 amide bonds. The Morgan fingerprint density at radius 3 is 2.50 bits per heavy atom. The van der Waals surface area contributed by atoms with Gasteiger partial charge in [-0.1, -0.05) is 33.8 Å². The van der Waals surface area contributed by atoms with Crippen LogP contribution in [0.3, 0.4) is 0 Å². The Kier molecular flexibility index (Phi) is 5.43. The van der Waals surface area contributed by atoms with E-state index in [1.54, 1.807) is 0 Å². The fourth-order valence-electron chi connectivity index (χ4n) is 0.714. The summed E-state index contributed by atoms with van der Waals surface area (Å²) in [7, 11) is 0. The molecule has 0 aliphatic heterocycles. The van der Waals surface area contributed by atoms with Gasteiger partial charge in [-0.15, -0.1) is 0 Å². The van der Waals surface area contributed by atoms with E-state index in [0.717, 1.165) is 24.3 Å². The van der Waals surface area contributed by atoms with E-state index in [1.807, 2.05) is 6.92 Å². The Morgan fingerprint density at radius 2 is 2.08 bits per heavy atom. The Morgan fingerprint density at radius 1 is 1.50 bits per heavy atom. The summed E-state index contributed by atoms with van der Waals surface area (Å²) in [6.45, 7) is 12.2. The summed E-state index contributed by atoms with van der Waals surface area (Å²) >= 11 is 0. The van der Waals surface area contributed by atoms with Crippen LogP contribution in [0.4, 0.5) is 0 Å². The van der Waals surface area contributed by atoms with Crippen LogP contribution in [0.1, 0.15) is 40.5 Å². The van der Waals surface area contributed by atoms with Gasteiger partial charge in [-0.3, -0.25) is 5.43 Å². The summed E-state index contributed by atoms with van der Waals surface area (Å²) in [5, 5.41) is 4.20. The van der Waals surface area contributed by atoms with Crippen molar-refractivity contribution in [2.45, 2.75) is 40.5 Å². The minimum atomic E-state index is 0.447. The fraction of sp³-hybridized carbons (Fsp3) is 0.700. The first-order valence-electron chi connectivity index (χ1n) is 4.55. The summed E-state index contributed by atoms with van der Waals surface area (Å²) in [5.74, 6) is 0.447. The SMILES string of the molecule is C=C(N/N=C(/C)CCC)C(C)C. The molecule has 0 atom stereocenters. The Labute approximate surface area is 75.7 Å². The van der Waals surface area contributed by atoms with Crippen molar-refractivity contribution in [3.8, 4) is 0 Å². The van der Waals surface area contributed by atoms with Crippen LogP contribution in [-0.4, -0.2) is 5.71 Å². The quantitative estimate of drug-likeness (QED) is 0.495. The molecule has 0 bridgehead atoms.